The van der Waals surface area contributed by atoms with Gasteiger partial charge in [0.25, 0.3) is 10.1 Å². The Hall–Kier alpha value is -1.43. The van der Waals surface area contributed by atoms with Gasteiger partial charge in [0.1, 0.15) is 6.10 Å². The van der Waals surface area contributed by atoms with E-state index in [-0.39, 0.29) is 11.5 Å². The average molecular weight is 296 g/mol. The van der Waals surface area contributed by atoms with Crippen molar-refractivity contribution in [2.24, 2.45) is 0 Å². The van der Waals surface area contributed by atoms with E-state index in [1.165, 1.54) is 18.2 Å². The first-order chi connectivity index (χ1) is 9.49. The topological polar surface area (TPSA) is 52.6 Å². The summed E-state index contributed by atoms with van der Waals surface area (Å²) in [5.41, 5.74) is 0.987. The Morgan fingerprint density at radius 3 is 2.45 bits per heavy atom. The Morgan fingerprint density at radius 1 is 1.25 bits per heavy atom. The first kappa shape index (κ1) is 16.6. The van der Waals surface area contributed by atoms with Crippen molar-refractivity contribution in [3.8, 4) is 0 Å². The summed E-state index contributed by atoms with van der Waals surface area (Å²) in [6.07, 6.45) is 3.47. The smallest absolute Gasteiger partial charge is 0.297 e. The molecule has 1 atom stereocenters. The van der Waals surface area contributed by atoms with Crippen LogP contribution in [0.1, 0.15) is 12.0 Å². The van der Waals surface area contributed by atoms with Gasteiger partial charge in [-0.3, -0.25) is 4.18 Å². The van der Waals surface area contributed by atoms with Crippen LogP contribution in [-0.2, 0) is 19.0 Å². The molecule has 0 unspecified atom stereocenters. The van der Waals surface area contributed by atoms with Crippen LogP contribution < -0.4 is 0 Å². The van der Waals surface area contributed by atoms with Crippen LogP contribution in [0.3, 0.4) is 0 Å². The van der Waals surface area contributed by atoms with E-state index in [9.17, 15) is 8.42 Å². The standard InChI is InChI=1S/C15H20O4S/c1-4-6-11-18-14(5-2)12-19-20(16,17)15-9-7-13(3)8-10-15/h4-5,7-10,14H,1-2,6,11-12H2,3H3/t14-/m1/s1. The molecule has 1 rings (SSSR count). The van der Waals surface area contributed by atoms with E-state index in [1.807, 2.05) is 6.92 Å². The SMILES string of the molecule is C=CCCO[C@H](C=C)COS(=O)(=O)c1ccc(C)cc1. The lowest BCUT2D eigenvalue weighted by Crippen LogP contribution is -2.20. The minimum Gasteiger partial charge on any atom is -0.371 e. The summed E-state index contributed by atoms with van der Waals surface area (Å²) < 4.78 is 34.3. The van der Waals surface area contributed by atoms with Crippen LogP contribution in [0.15, 0.2) is 54.5 Å². The van der Waals surface area contributed by atoms with Crippen molar-refractivity contribution in [2.75, 3.05) is 13.2 Å². The van der Waals surface area contributed by atoms with Crippen LogP contribution in [0.5, 0.6) is 0 Å². The zero-order chi connectivity index (χ0) is 15.0. The molecule has 0 amide bonds. The molecule has 0 saturated heterocycles. The molecule has 0 N–H and O–H groups in total. The molecule has 0 spiro atoms. The fraction of sp³-hybridized carbons (Fsp3) is 0.333. The highest BCUT2D eigenvalue weighted by molar-refractivity contribution is 7.86. The van der Waals surface area contributed by atoms with Crippen LogP contribution in [0.25, 0.3) is 0 Å². The van der Waals surface area contributed by atoms with Gasteiger partial charge in [-0.25, -0.2) is 0 Å². The van der Waals surface area contributed by atoms with Crippen LogP contribution in [0.2, 0.25) is 0 Å². The Labute approximate surface area is 120 Å². The summed E-state index contributed by atoms with van der Waals surface area (Å²) in [5, 5.41) is 0. The molecule has 1 aromatic carbocycles. The van der Waals surface area contributed by atoms with Gasteiger partial charge in [0.2, 0.25) is 0 Å². The van der Waals surface area contributed by atoms with E-state index in [0.717, 1.165) is 5.56 Å². The Balaban J connectivity index is 2.59. The second kappa shape index (κ2) is 7.99. The molecule has 0 aromatic heterocycles. The van der Waals surface area contributed by atoms with Gasteiger partial charge in [-0.1, -0.05) is 29.8 Å². The maximum Gasteiger partial charge on any atom is 0.297 e. The number of rotatable bonds is 9. The molecule has 0 bridgehead atoms. The molecular weight excluding hydrogens is 276 g/mol. The van der Waals surface area contributed by atoms with Crippen molar-refractivity contribution in [1.82, 2.24) is 0 Å². The first-order valence-corrected chi connectivity index (χ1v) is 7.71. The predicted octanol–water partition coefficient (Wildman–Crippen LogP) is 2.85. The Morgan fingerprint density at radius 2 is 1.90 bits per heavy atom. The van der Waals surface area contributed by atoms with Crippen molar-refractivity contribution in [2.45, 2.75) is 24.3 Å². The molecule has 0 saturated carbocycles. The molecular formula is C15H20O4S. The van der Waals surface area contributed by atoms with E-state index < -0.39 is 16.2 Å². The third kappa shape index (κ3) is 5.28. The molecule has 0 aliphatic carbocycles. The summed E-state index contributed by atoms with van der Waals surface area (Å²) >= 11 is 0. The molecule has 1 aromatic rings. The number of benzene rings is 1. The van der Waals surface area contributed by atoms with Crippen molar-refractivity contribution in [3.05, 3.63) is 55.1 Å². The average Bonchev–Trinajstić information content (AvgIpc) is 2.43. The van der Waals surface area contributed by atoms with Gasteiger partial charge in [-0.15, -0.1) is 13.2 Å². The highest BCUT2D eigenvalue weighted by atomic mass is 32.2. The summed E-state index contributed by atoms with van der Waals surface area (Å²) in [6, 6.07) is 6.49. The minimum absolute atomic E-state index is 0.0865. The molecule has 110 valence electrons. The monoisotopic (exact) mass is 296 g/mol. The molecule has 0 heterocycles. The zero-order valence-corrected chi connectivity index (χ0v) is 12.4. The second-order valence-electron chi connectivity index (χ2n) is 4.27. The van der Waals surface area contributed by atoms with Crippen molar-refractivity contribution in [3.63, 3.8) is 0 Å². The third-order valence-corrected chi connectivity index (χ3v) is 3.91. The van der Waals surface area contributed by atoms with Crippen molar-refractivity contribution < 1.29 is 17.3 Å². The van der Waals surface area contributed by atoms with Crippen LogP contribution in [0.4, 0.5) is 0 Å². The van der Waals surface area contributed by atoms with Crippen LogP contribution >= 0.6 is 0 Å². The summed E-state index contributed by atoms with van der Waals surface area (Å²) in [4.78, 5) is 0.136. The van der Waals surface area contributed by atoms with Gasteiger partial charge in [-0.05, 0) is 25.5 Å². The predicted molar refractivity (Wildman–Crippen MR) is 79.1 cm³/mol. The lowest BCUT2D eigenvalue weighted by Gasteiger charge is -2.13. The Bertz CT molecular complexity index is 531. The maximum absolute atomic E-state index is 12.0. The lowest BCUT2D eigenvalue weighted by atomic mass is 10.2. The molecule has 0 aliphatic heterocycles. The molecule has 0 aliphatic rings. The van der Waals surface area contributed by atoms with Gasteiger partial charge in [0, 0.05) is 0 Å². The number of ether oxygens (including phenoxy) is 1. The van der Waals surface area contributed by atoms with E-state index in [0.29, 0.717) is 13.0 Å². The minimum atomic E-state index is -3.76. The summed E-state index contributed by atoms with van der Waals surface area (Å²) in [6.45, 7) is 9.43. The Kier molecular flexibility index (Phi) is 6.64. The van der Waals surface area contributed by atoms with E-state index in [1.54, 1.807) is 18.2 Å². The highest BCUT2D eigenvalue weighted by Gasteiger charge is 2.17. The highest BCUT2D eigenvalue weighted by Crippen LogP contribution is 2.14. The maximum atomic E-state index is 12.0. The molecule has 0 radical (unpaired) electrons. The van der Waals surface area contributed by atoms with Crippen LogP contribution in [0, 0.1) is 6.92 Å². The van der Waals surface area contributed by atoms with E-state index in [2.05, 4.69) is 13.2 Å². The number of aryl methyl sites for hydroxylation is 1. The van der Waals surface area contributed by atoms with Gasteiger partial charge in [0.15, 0.2) is 0 Å². The second-order valence-corrected chi connectivity index (χ2v) is 5.89. The third-order valence-electron chi connectivity index (χ3n) is 2.61. The number of hydrogen-bond acceptors (Lipinski definition) is 4. The molecule has 20 heavy (non-hydrogen) atoms. The normalized spacial score (nSPS) is 12.8. The first-order valence-electron chi connectivity index (χ1n) is 6.30. The largest absolute Gasteiger partial charge is 0.371 e. The van der Waals surface area contributed by atoms with Gasteiger partial charge >= 0.3 is 0 Å². The molecule has 0 fully saturated rings. The fourth-order valence-electron chi connectivity index (χ4n) is 1.42. The molecule has 4 nitrogen and oxygen atoms in total. The summed E-state index contributed by atoms with van der Waals surface area (Å²) in [5.74, 6) is 0. The van der Waals surface area contributed by atoms with Gasteiger partial charge in [-0.2, -0.15) is 8.42 Å². The van der Waals surface area contributed by atoms with Crippen molar-refractivity contribution >= 4 is 10.1 Å². The summed E-state index contributed by atoms with van der Waals surface area (Å²) in [7, 11) is -3.76. The van der Waals surface area contributed by atoms with Crippen molar-refractivity contribution in [1.29, 1.82) is 0 Å². The van der Waals surface area contributed by atoms with Gasteiger partial charge in [0.05, 0.1) is 18.1 Å². The van der Waals surface area contributed by atoms with Gasteiger partial charge < -0.3 is 4.74 Å². The zero-order valence-electron chi connectivity index (χ0n) is 11.6. The number of hydrogen-bond donors (Lipinski definition) is 0. The van der Waals surface area contributed by atoms with E-state index >= 15 is 0 Å². The quantitative estimate of drug-likeness (QED) is 0.399. The lowest BCUT2D eigenvalue weighted by molar-refractivity contribution is 0.0552. The van der Waals surface area contributed by atoms with Crippen LogP contribution in [-0.4, -0.2) is 27.7 Å². The fourth-order valence-corrected chi connectivity index (χ4v) is 2.34. The molecule has 5 heteroatoms. The van der Waals surface area contributed by atoms with E-state index in [4.69, 9.17) is 8.92 Å².